The van der Waals surface area contributed by atoms with Gasteiger partial charge in [0.15, 0.2) is 0 Å². The first kappa shape index (κ1) is 13.6. The van der Waals surface area contributed by atoms with Crippen LogP contribution in [-0.4, -0.2) is 29.3 Å². The zero-order valence-electron chi connectivity index (χ0n) is 11.5. The summed E-state index contributed by atoms with van der Waals surface area (Å²) >= 11 is 0. The molecule has 19 heavy (non-hydrogen) atoms. The fourth-order valence-electron chi connectivity index (χ4n) is 2.20. The lowest BCUT2D eigenvalue weighted by Gasteiger charge is -2.15. The Hall–Kier alpha value is -1.84. The van der Waals surface area contributed by atoms with Crippen LogP contribution >= 0.6 is 0 Å². The lowest BCUT2D eigenvalue weighted by atomic mass is 10.1. The van der Waals surface area contributed by atoms with Gasteiger partial charge in [0.25, 0.3) is 5.91 Å². The highest BCUT2D eigenvalue weighted by Crippen LogP contribution is 2.14. The van der Waals surface area contributed by atoms with Crippen LogP contribution in [0, 0.1) is 0 Å². The van der Waals surface area contributed by atoms with Crippen molar-refractivity contribution < 1.29 is 9.59 Å². The minimum absolute atomic E-state index is 0.0567. The van der Waals surface area contributed by atoms with E-state index in [0.29, 0.717) is 18.5 Å². The van der Waals surface area contributed by atoms with Crippen molar-refractivity contribution in [1.82, 2.24) is 10.2 Å². The molecule has 0 saturated carbocycles. The third kappa shape index (κ3) is 3.56. The summed E-state index contributed by atoms with van der Waals surface area (Å²) in [6, 6.07) is 7.59. The maximum atomic E-state index is 11.8. The number of amides is 2. The minimum atomic E-state index is -0.0567. The molecule has 0 unspecified atom stereocenters. The molecule has 0 atom stereocenters. The van der Waals surface area contributed by atoms with E-state index in [1.165, 1.54) is 0 Å². The highest BCUT2D eigenvalue weighted by Gasteiger charge is 2.19. The summed E-state index contributed by atoms with van der Waals surface area (Å²) < 4.78 is 0. The Morgan fingerprint density at radius 2 is 2.00 bits per heavy atom. The van der Waals surface area contributed by atoms with E-state index >= 15 is 0 Å². The van der Waals surface area contributed by atoms with Crippen LogP contribution in [-0.2, 0) is 11.3 Å². The highest BCUT2D eigenvalue weighted by atomic mass is 16.2. The molecule has 1 fully saturated rings. The monoisotopic (exact) mass is 260 g/mol. The van der Waals surface area contributed by atoms with Crippen molar-refractivity contribution in [2.75, 3.05) is 6.54 Å². The SMILES string of the molecule is CC(C)NC(=O)c1ccc(CN2CCCC2=O)cc1. The van der Waals surface area contributed by atoms with E-state index in [0.717, 1.165) is 18.5 Å². The minimum Gasteiger partial charge on any atom is -0.350 e. The van der Waals surface area contributed by atoms with Crippen molar-refractivity contribution in [3.63, 3.8) is 0 Å². The predicted octanol–water partition coefficient (Wildman–Crippen LogP) is 1.95. The van der Waals surface area contributed by atoms with E-state index in [1.54, 1.807) is 0 Å². The fourth-order valence-corrected chi connectivity index (χ4v) is 2.20. The largest absolute Gasteiger partial charge is 0.350 e. The molecule has 4 heteroatoms. The number of likely N-dealkylation sites (tertiary alicyclic amines) is 1. The molecule has 2 amide bonds. The average Bonchev–Trinajstić information content (AvgIpc) is 2.75. The van der Waals surface area contributed by atoms with Gasteiger partial charge in [-0.05, 0) is 38.0 Å². The summed E-state index contributed by atoms with van der Waals surface area (Å²) in [4.78, 5) is 25.2. The summed E-state index contributed by atoms with van der Waals surface area (Å²) in [7, 11) is 0. The normalized spacial score (nSPS) is 15.1. The zero-order chi connectivity index (χ0) is 13.8. The van der Waals surface area contributed by atoms with Crippen LogP contribution in [0.2, 0.25) is 0 Å². The number of carbonyl (C=O) groups excluding carboxylic acids is 2. The summed E-state index contributed by atoms with van der Waals surface area (Å²) in [5.74, 6) is 0.167. The average molecular weight is 260 g/mol. The molecule has 4 nitrogen and oxygen atoms in total. The second-order valence-corrected chi connectivity index (χ2v) is 5.24. The number of hydrogen-bond donors (Lipinski definition) is 1. The molecule has 0 aromatic heterocycles. The quantitative estimate of drug-likeness (QED) is 0.899. The maximum absolute atomic E-state index is 11.8. The van der Waals surface area contributed by atoms with E-state index in [1.807, 2.05) is 43.0 Å². The Bertz CT molecular complexity index is 466. The van der Waals surface area contributed by atoms with Gasteiger partial charge in [-0.25, -0.2) is 0 Å². The van der Waals surface area contributed by atoms with E-state index in [4.69, 9.17) is 0 Å². The standard InChI is InChI=1S/C15H20N2O2/c1-11(2)16-15(19)13-7-5-12(6-8-13)10-17-9-3-4-14(17)18/h5-8,11H,3-4,9-10H2,1-2H3,(H,16,19). The number of nitrogens with one attached hydrogen (secondary N) is 1. The Labute approximate surface area is 113 Å². The van der Waals surface area contributed by atoms with Crippen molar-refractivity contribution in [3.8, 4) is 0 Å². The summed E-state index contributed by atoms with van der Waals surface area (Å²) in [5, 5.41) is 2.86. The van der Waals surface area contributed by atoms with Crippen LogP contribution in [0.15, 0.2) is 24.3 Å². The second kappa shape index (κ2) is 5.87. The molecule has 1 N–H and O–H groups in total. The first-order valence-corrected chi connectivity index (χ1v) is 6.74. The molecule has 1 heterocycles. The molecule has 102 valence electrons. The van der Waals surface area contributed by atoms with Gasteiger partial charge in [-0.1, -0.05) is 12.1 Å². The van der Waals surface area contributed by atoms with Gasteiger partial charge in [0.05, 0.1) is 0 Å². The van der Waals surface area contributed by atoms with Crippen molar-refractivity contribution >= 4 is 11.8 Å². The van der Waals surface area contributed by atoms with Gasteiger partial charge in [0.1, 0.15) is 0 Å². The van der Waals surface area contributed by atoms with Crippen LogP contribution in [0.4, 0.5) is 0 Å². The highest BCUT2D eigenvalue weighted by molar-refractivity contribution is 5.94. The third-order valence-electron chi connectivity index (χ3n) is 3.18. The number of hydrogen-bond acceptors (Lipinski definition) is 2. The smallest absolute Gasteiger partial charge is 0.251 e. The Morgan fingerprint density at radius 1 is 1.32 bits per heavy atom. The summed E-state index contributed by atoms with van der Waals surface area (Å²) in [6.45, 7) is 5.36. The van der Waals surface area contributed by atoms with Gasteiger partial charge in [-0.15, -0.1) is 0 Å². The Balaban J connectivity index is 1.98. The molecule has 1 saturated heterocycles. The van der Waals surface area contributed by atoms with E-state index < -0.39 is 0 Å². The van der Waals surface area contributed by atoms with Gasteiger partial charge in [-0.3, -0.25) is 9.59 Å². The predicted molar refractivity (Wildman–Crippen MR) is 73.7 cm³/mol. The number of benzene rings is 1. The molecule has 1 aromatic rings. The maximum Gasteiger partial charge on any atom is 0.251 e. The first-order valence-electron chi connectivity index (χ1n) is 6.74. The lowest BCUT2D eigenvalue weighted by Crippen LogP contribution is -2.30. The van der Waals surface area contributed by atoms with Gasteiger partial charge >= 0.3 is 0 Å². The summed E-state index contributed by atoms with van der Waals surface area (Å²) in [5.41, 5.74) is 1.72. The van der Waals surface area contributed by atoms with Crippen LogP contribution < -0.4 is 5.32 Å². The van der Waals surface area contributed by atoms with Gasteiger partial charge in [0.2, 0.25) is 5.91 Å². The molecular formula is C15H20N2O2. The van der Waals surface area contributed by atoms with E-state index in [-0.39, 0.29) is 17.9 Å². The van der Waals surface area contributed by atoms with Gasteiger partial charge in [0, 0.05) is 31.1 Å². The first-order chi connectivity index (χ1) is 9.06. The number of nitrogens with zero attached hydrogens (tertiary/aromatic N) is 1. The molecule has 1 aliphatic heterocycles. The van der Waals surface area contributed by atoms with Crippen molar-refractivity contribution in [2.24, 2.45) is 0 Å². The Kier molecular flexibility index (Phi) is 4.20. The zero-order valence-corrected chi connectivity index (χ0v) is 11.5. The van der Waals surface area contributed by atoms with Crippen LogP contribution in [0.1, 0.15) is 42.6 Å². The fraction of sp³-hybridized carbons (Fsp3) is 0.467. The molecule has 0 bridgehead atoms. The van der Waals surface area contributed by atoms with Crippen molar-refractivity contribution in [1.29, 1.82) is 0 Å². The number of carbonyl (C=O) groups is 2. The van der Waals surface area contributed by atoms with Gasteiger partial charge < -0.3 is 10.2 Å². The number of rotatable bonds is 4. The van der Waals surface area contributed by atoms with E-state index in [2.05, 4.69) is 5.32 Å². The molecule has 0 radical (unpaired) electrons. The lowest BCUT2D eigenvalue weighted by molar-refractivity contribution is -0.128. The molecule has 1 aliphatic rings. The molecular weight excluding hydrogens is 240 g/mol. The van der Waals surface area contributed by atoms with Crippen LogP contribution in [0.3, 0.4) is 0 Å². The Morgan fingerprint density at radius 3 is 2.53 bits per heavy atom. The summed E-state index contributed by atoms with van der Waals surface area (Å²) in [6.07, 6.45) is 1.61. The van der Waals surface area contributed by atoms with Crippen LogP contribution in [0.25, 0.3) is 0 Å². The molecule has 0 spiro atoms. The van der Waals surface area contributed by atoms with Crippen molar-refractivity contribution in [2.45, 2.75) is 39.3 Å². The molecule has 0 aliphatic carbocycles. The second-order valence-electron chi connectivity index (χ2n) is 5.24. The van der Waals surface area contributed by atoms with Crippen molar-refractivity contribution in [3.05, 3.63) is 35.4 Å². The van der Waals surface area contributed by atoms with E-state index in [9.17, 15) is 9.59 Å². The molecule has 1 aromatic carbocycles. The molecule has 2 rings (SSSR count). The third-order valence-corrected chi connectivity index (χ3v) is 3.18. The van der Waals surface area contributed by atoms with Crippen LogP contribution in [0.5, 0.6) is 0 Å². The topological polar surface area (TPSA) is 49.4 Å². The van der Waals surface area contributed by atoms with Gasteiger partial charge in [-0.2, -0.15) is 0 Å².